The van der Waals surface area contributed by atoms with E-state index >= 15 is 0 Å². The number of aromatic nitrogens is 4. The third-order valence-corrected chi connectivity index (χ3v) is 6.10. The molecule has 1 aromatic carbocycles. The Morgan fingerprint density at radius 3 is 2.80 bits per heavy atom. The molecule has 3 aromatic rings. The quantitative estimate of drug-likeness (QED) is 0.656. The summed E-state index contributed by atoms with van der Waals surface area (Å²) in [6.07, 6.45) is 3.04. The number of fused-ring (bicyclic) bond motifs is 2. The van der Waals surface area contributed by atoms with Crippen molar-refractivity contribution in [2.24, 2.45) is 0 Å². The minimum absolute atomic E-state index is 0.0272. The van der Waals surface area contributed by atoms with Crippen LogP contribution in [-0.2, 0) is 19.4 Å². The molecule has 0 amide bonds. The van der Waals surface area contributed by atoms with E-state index in [-0.39, 0.29) is 11.6 Å². The Balaban J connectivity index is 1.51. The number of rotatable bonds is 4. The molecular weight excluding hydrogens is 388 g/mol. The van der Waals surface area contributed by atoms with Crippen LogP contribution in [0.2, 0.25) is 0 Å². The molecule has 0 N–H and O–H groups in total. The van der Waals surface area contributed by atoms with Gasteiger partial charge in [-0.15, -0.1) is 0 Å². The summed E-state index contributed by atoms with van der Waals surface area (Å²) in [5.74, 6) is 0.0582. The molecule has 1 atom stereocenters. The number of benzene rings is 1. The maximum atomic E-state index is 13.4. The van der Waals surface area contributed by atoms with Crippen molar-refractivity contribution in [1.82, 2.24) is 19.7 Å². The van der Waals surface area contributed by atoms with E-state index in [1.54, 1.807) is 22.9 Å². The van der Waals surface area contributed by atoms with Crippen molar-refractivity contribution in [3.63, 3.8) is 0 Å². The molecular formula is C22H23F2N5O. The summed E-state index contributed by atoms with van der Waals surface area (Å²) in [6, 6.07) is 8.92. The lowest BCUT2D eigenvalue weighted by atomic mass is 9.97. The molecule has 1 saturated heterocycles. The molecule has 156 valence electrons. The first-order valence-electron chi connectivity index (χ1n) is 10.5. The number of halogens is 2. The lowest BCUT2D eigenvalue weighted by Gasteiger charge is -2.27. The van der Waals surface area contributed by atoms with Gasteiger partial charge in [0.05, 0.1) is 23.8 Å². The smallest absolute Gasteiger partial charge is 0.297 e. The van der Waals surface area contributed by atoms with Crippen LogP contribution in [0, 0.1) is 0 Å². The van der Waals surface area contributed by atoms with Crippen LogP contribution in [0.3, 0.4) is 0 Å². The van der Waals surface area contributed by atoms with E-state index in [1.807, 2.05) is 17.0 Å². The van der Waals surface area contributed by atoms with E-state index in [0.717, 1.165) is 55.2 Å². The van der Waals surface area contributed by atoms with Crippen molar-refractivity contribution in [3.8, 4) is 0 Å². The first-order chi connectivity index (χ1) is 14.6. The van der Waals surface area contributed by atoms with Crippen molar-refractivity contribution >= 4 is 16.7 Å². The maximum Gasteiger partial charge on any atom is 0.297 e. The van der Waals surface area contributed by atoms with Crippen LogP contribution in [0.1, 0.15) is 49.2 Å². The van der Waals surface area contributed by atoms with Gasteiger partial charge in [0.15, 0.2) is 5.82 Å². The fourth-order valence-electron chi connectivity index (χ4n) is 4.63. The Morgan fingerprint density at radius 1 is 1.10 bits per heavy atom. The van der Waals surface area contributed by atoms with Gasteiger partial charge in [-0.05, 0) is 56.2 Å². The molecule has 1 aliphatic carbocycles. The number of hydrogen-bond donors (Lipinski definition) is 0. The lowest BCUT2D eigenvalue weighted by molar-refractivity contribution is 0.141. The van der Waals surface area contributed by atoms with Gasteiger partial charge in [0.2, 0.25) is 0 Å². The highest BCUT2D eigenvalue weighted by Crippen LogP contribution is 2.32. The number of aryl methyl sites for hydroxylation is 2. The summed E-state index contributed by atoms with van der Waals surface area (Å²) in [5, 5.41) is 5.39. The highest BCUT2D eigenvalue weighted by atomic mass is 19.3. The lowest BCUT2D eigenvalue weighted by Crippen LogP contribution is -2.38. The fourth-order valence-corrected chi connectivity index (χ4v) is 4.63. The third kappa shape index (κ3) is 3.44. The standard InChI is InChI=1S/C22H23F2N5O/c23-20(24)21-25-18-10-4-2-8-16(18)22(26-21)28-11-5-7-15(28)13-29-19(30)12-14-6-1-3-9-17(14)27-29/h2,4,8,10,12,15,20H,1,3,5-7,9,11,13H2. The molecule has 8 heteroatoms. The molecule has 0 spiro atoms. The topological polar surface area (TPSA) is 63.9 Å². The summed E-state index contributed by atoms with van der Waals surface area (Å²) in [7, 11) is 0. The van der Waals surface area contributed by atoms with E-state index in [1.165, 1.54) is 0 Å². The number of para-hydroxylation sites is 1. The van der Waals surface area contributed by atoms with Gasteiger partial charge in [-0.25, -0.2) is 23.4 Å². The van der Waals surface area contributed by atoms with Gasteiger partial charge >= 0.3 is 0 Å². The highest BCUT2D eigenvalue weighted by Gasteiger charge is 2.30. The fraction of sp³-hybridized carbons (Fsp3) is 0.455. The average molecular weight is 411 g/mol. The van der Waals surface area contributed by atoms with Crippen molar-refractivity contribution in [2.75, 3.05) is 11.4 Å². The summed E-state index contributed by atoms with van der Waals surface area (Å²) in [6.45, 7) is 1.13. The van der Waals surface area contributed by atoms with E-state index in [9.17, 15) is 13.6 Å². The maximum absolute atomic E-state index is 13.4. The van der Waals surface area contributed by atoms with Gasteiger partial charge in [0.25, 0.3) is 12.0 Å². The molecule has 0 saturated carbocycles. The Kier molecular flexibility index (Phi) is 4.92. The van der Waals surface area contributed by atoms with E-state index in [2.05, 4.69) is 15.1 Å². The van der Waals surface area contributed by atoms with Crippen LogP contribution in [0.15, 0.2) is 35.1 Å². The van der Waals surface area contributed by atoms with E-state index in [0.29, 0.717) is 24.4 Å². The number of hydrogen-bond acceptors (Lipinski definition) is 5. The molecule has 1 fully saturated rings. The Morgan fingerprint density at radius 2 is 1.93 bits per heavy atom. The van der Waals surface area contributed by atoms with Gasteiger partial charge in [-0.2, -0.15) is 5.10 Å². The summed E-state index contributed by atoms with van der Waals surface area (Å²) >= 11 is 0. The van der Waals surface area contributed by atoms with Crippen LogP contribution in [0.25, 0.3) is 10.9 Å². The predicted octanol–water partition coefficient (Wildman–Crippen LogP) is 3.67. The van der Waals surface area contributed by atoms with Gasteiger partial charge in [0.1, 0.15) is 5.82 Å². The zero-order valence-electron chi connectivity index (χ0n) is 16.6. The number of nitrogens with zero attached hydrogens (tertiary/aromatic N) is 5. The zero-order chi connectivity index (χ0) is 20.7. The molecule has 0 radical (unpaired) electrons. The molecule has 5 rings (SSSR count). The normalized spacial score (nSPS) is 18.9. The molecule has 0 bridgehead atoms. The predicted molar refractivity (Wildman–Crippen MR) is 110 cm³/mol. The number of alkyl halides is 2. The summed E-state index contributed by atoms with van der Waals surface area (Å²) in [4.78, 5) is 22.9. The van der Waals surface area contributed by atoms with Crippen LogP contribution in [-0.4, -0.2) is 32.3 Å². The molecule has 1 aliphatic heterocycles. The van der Waals surface area contributed by atoms with Gasteiger partial charge < -0.3 is 4.90 Å². The number of anilines is 1. The van der Waals surface area contributed by atoms with Gasteiger partial charge in [-0.3, -0.25) is 4.79 Å². The molecule has 6 nitrogen and oxygen atoms in total. The molecule has 2 aromatic heterocycles. The van der Waals surface area contributed by atoms with Crippen molar-refractivity contribution in [2.45, 2.75) is 57.5 Å². The first-order valence-corrected chi connectivity index (χ1v) is 10.5. The van der Waals surface area contributed by atoms with Crippen LogP contribution in [0.5, 0.6) is 0 Å². The summed E-state index contributed by atoms with van der Waals surface area (Å²) in [5.41, 5.74) is 2.49. The molecule has 1 unspecified atom stereocenters. The second-order valence-electron chi connectivity index (χ2n) is 8.06. The third-order valence-electron chi connectivity index (χ3n) is 6.10. The second kappa shape index (κ2) is 7.74. The van der Waals surface area contributed by atoms with Crippen molar-refractivity contribution in [1.29, 1.82) is 0 Å². The Labute approximate surface area is 172 Å². The molecule has 30 heavy (non-hydrogen) atoms. The minimum Gasteiger partial charge on any atom is -0.351 e. The SMILES string of the molecule is O=c1cc2c(nn1CC1CCCN1c1nc(C(F)F)nc3ccccc13)CCCC2. The zero-order valence-corrected chi connectivity index (χ0v) is 16.6. The Hall–Kier alpha value is -2.90. The van der Waals surface area contributed by atoms with E-state index < -0.39 is 12.2 Å². The molecule has 2 aliphatic rings. The van der Waals surface area contributed by atoms with Crippen LogP contribution in [0.4, 0.5) is 14.6 Å². The van der Waals surface area contributed by atoms with E-state index in [4.69, 9.17) is 0 Å². The average Bonchev–Trinajstić information content (AvgIpc) is 3.21. The summed E-state index contributed by atoms with van der Waals surface area (Å²) < 4.78 is 28.4. The monoisotopic (exact) mass is 411 g/mol. The first kappa shape index (κ1) is 19.1. The van der Waals surface area contributed by atoms with Crippen molar-refractivity contribution in [3.05, 3.63) is 57.8 Å². The van der Waals surface area contributed by atoms with Crippen molar-refractivity contribution < 1.29 is 8.78 Å². The Bertz CT molecular complexity index is 1150. The second-order valence-corrected chi connectivity index (χ2v) is 8.06. The minimum atomic E-state index is -2.74. The van der Waals surface area contributed by atoms with Crippen LogP contribution >= 0.6 is 0 Å². The van der Waals surface area contributed by atoms with Gasteiger partial charge in [0, 0.05) is 18.0 Å². The highest BCUT2D eigenvalue weighted by molar-refractivity contribution is 5.89. The largest absolute Gasteiger partial charge is 0.351 e. The molecule has 3 heterocycles. The van der Waals surface area contributed by atoms with Crippen LogP contribution < -0.4 is 10.5 Å². The van der Waals surface area contributed by atoms with Gasteiger partial charge in [-0.1, -0.05) is 12.1 Å².